The zero-order valence-electron chi connectivity index (χ0n) is 14.4. The van der Waals surface area contributed by atoms with E-state index in [9.17, 15) is 9.59 Å². The van der Waals surface area contributed by atoms with Gasteiger partial charge in [-0.05, 0) is 38.1 Å². The van der Waals surface area contributed by atoms with Crippen LogP contribution in [0, 0.1) is 5.92 Å². The predicted molar refractivity (Wildman–Crippen MR) is 88.7 cm³/mol. The molecule has 0 aromatic heterocycles. The van der Waals surface area contributed by atoms with Crippen molar-refractivity contribution in [2.75, 3.05) is 39.3 Å². The second-order valence-electron chi connectivity index (χ2n) is 7.35. The molecule has 0 radical (unpaired) electrons. The Morgan fingerprint density at radius 3 is 2.71 bits per heavy atom. The zero-order chi connectivity index (χ0) is 17.1. The molecule has 2 N–H and O–H groups in total. The molecular formula is C17H29N3O4. The van der Waals surface area contributed by atoms with E-state index < -0.39 is 5.97 Å². The zero-order valence-corrected chi connectivity index (χ0v) is 14.4. The number of morpholine rings is 1. The first kappa shape index (κ1) is 17.6. The fourth-order valence-corrected chi connectivity index (χ4v) is 3.59. The molecule has 0 bridgehead atoms. The summed E-state index contributed by atoms with van der Waals surface area (Å²) in [6, 6.07) is 0.435. The van der Waals surface area contributed by atoms with E-state index in [1.807, 2.05) is 0 Å². The van der Waals surface area contributed by atoms with Crippen molar-refractivity contribution in [3.05, 3.63) is 0 Å². The second kappa shape index (κ2) is 7.80. The molecule has 1 unspecified atom stereocenters. The van der Waals surface area contributed by atoms with E-state index >= 15 is 0 Å². The number of rotatable bonds is 8. The van der Waals surface area contributed by atoms with Crippen LogP contribution in [0.2, 0.25) is 0 Å². The van der Waals surface area contributed by atoms with Crippen molar-refractivity contribution < 1.29 is 19.4 Å². The molecule has 1 aliphatic heterocycles. The number of nitrogens with one attached hydrogen (secondary N) is 1. The molecular weight excluding hydrogens is 310 g/mol. The highest BCUT2D eigenvalue weighted by Gasteiger charge is 2.38. The Hall–Kier alpha value is -1.18. The number of carboxylic acids is 1. The highest BCUT2D eigenvalue weighted by Crippen LogP contribution is 2.33. The lowest BCUT2D eigenvalue weighted by Gasteiger charge is -2.43. The highest BCUT2D eigenvalue weighted by atomic mass is 16.5. The normalized spacial score (nSPS) is 30.8. The molecule has 3 fully saturated rings. The van der Waals surface area contributed by atoms with E-state index in [1.165, 1.54) is 12.8 Å². The minimum absolute atomic E-state index is 0.0245. The third-order valence-electron chi connectivity index (χ3n) is 5.39. The maximum Gasteiger partial charge on any atom is 0.317 e. The van der Waals surface area contributed by atoms with Gasteiger partial charge in [0.1, 0.15) is 6.10 Å². The van der Waals surface area contributed by atoms with E-state index in [-0.39, 0.29) is 30.6 Å². The molecule has 3 rings (SSSR count). The summed E-state index contributed by atoms with van der Waals surface area (Å²) >= 11 is 0. The van der Waals surface area contributed by atoms with E-state index in [0.717, 1.165) is 32.5 Å². The first-order valence-corrected chi connectivity index (χ1v) is 9.15. The van der Waals surface area contributed by atoms with Crippen LogP contribution in [0.1, 0.15) is 32.6 Å². The van der Waals surface area contributed by atoms with Crippen molar-refractivity contribution in [3.63, 3.8) is 0 Å². The van der Waals surface area contributed by atoms with Gasteiger partial charge in [-0.2, -0.15) is 0 Å². The third-order valence-corrected chi connectivity index (χ3v) is 5.39. The van der Waals surface area contributed by atoms with Gasteiger partial charge in [-0.1, -0.05) is 6.92 Å². The Morgan fingerprint density at radius 1 is 1.33 bits per heavy atom. The second-order valence-corrected chi connectivity index (χ2v) is 7.35. The first-order valence-electron chi connectivity index (χ1n) is 9.15. The fourth-order valence-electron chi connectivity index (χ4n) is 3.59. The molecule has 2 aliphatic carbocycles. The molecule has 1 saturated heterocycles. The van der Waals surface area contributed by atoms with Crippen LogP contribution in [0.25, 0.3) is 0 Å². The summed E-state index contributed by atoms with van der Waals surface area (Å²) in [7, 11) is 0. The predicted octanol–water partition coefficient (Wildman–Crippen LogP) is 0.151. The third kappa shape index (κ3) is 4.68. The smallest absolute Gasteiger partial charge is 0.317 e. The first-order chi connectivity index (χ1) is 11.5. The lowest BCUT2D eigenvalue weighted by atomic mass is 9.85. The SMILES string of the molecule is CCN1CCOC(C(=O)NC2CC(N(CC(=O)O)CC3CC3)C2)C1. The average molecular weight is 339 g/mol. The van der Waals surface area contributed by atoms with Crippen molar-refractivity contribution in [2.24, 2.45) is 5.92 Å². The molecule has 1 heterocycles. The Kier molecular flexibility index (Phi) is 5.73. The molecule has 7 heteroatoms. The molecule has 3 aliphatic rings. The van der Waals surface area contributed by atoms with Gasteiger partial charge in [-0.25, -0.2) is 0 Å². The minimum Gasteiger partial charge on any atom is -0.480 e. The van der Waals surface area contributed by atoms with E-state index in [4.69, 9.17) is 9.84 Å². The van der Waals surface area contributed by atoms with Gasteiger partial charge in [-0.3, -0.25) is 19.4 Å². The molecule has 1 amide bonds. The number of likely N-dealkylation sites (N-methyl/N-ethyl adjacent to an activating group) is 1. The lowest BCUT2D eigenvalue weighted by Crippen LogP contribution is -2.58. The Labute approximate surface area is 143 Å². The van der Waals surface area contributed by atoms with Gasteiger partial charge >= 0.3 is 5.97 Å². The van der Waals surface area contributed by atoms with Crippen molar-refractivity contribution >= 4 is 11.9 Å². The van der Waals surface area contributed by atoms with Crippen LogP contribution in [0.3, 0.4) is 0 Å². The van der Waals surface area contributed by atoms with Crippen LogP contribution in [-0.2, 0) is 14.3 Å². The van der Waals surface area contributed by atoms with Gasteiger partial charge in [0.05, 0.1) is 13.2 Å². The van der Waals surface area contributed by atoms with Gasteiger partial charge < -0.3 is 15.2 Å². The van der Waals surface area contributed by atoms with Gasteiger partial charge in [0.2, 0.25) is 0 Å². The Balaban J connectivity index is 1.41. The molecule has 24 heavy (non-hydrogen) atoms. The van der Waals surface area contributed by atoms with Crippen molar-refractivity contribution in [1.82, 2.24) is 15.1 Å². The topological polar surface area (TPSA) is 82.1 Å². The number of carbonyl (C=O) groups is 2. The molecule has 136 valence electrons. The van der Waals surface area contributed by atoms with Gasteiger partial charge in [0, 0.05) is 31.7 Å². The maximum atomic E-state index is 12.3. The number of nitrogens with zero attached hydrogens (tertiary/aromatic N) is 2. The number of aliphatic carboxylic acids is 1. The fraction of sp³-hybridized carbons (Fsp3) is 0.882. The minimum atomic E-state index is -0.765. The van der Waals surface area contributed by atoms with Gasteiger partial charge in [0.15, 0.2) is 0 Å². The number of hydrogen-bond donors (Lipinski definition) is 2. The summed E-state index contributed by atoms with van der Waals surface area (Å²) in [6.07, 6.45) is 3.75. The van der Waals surface area contributed by atoms with Gasteiger partial charge in [0.25, 0.3) is 5.91 Å². The summed E-state index contributed by atoms with van der Waals surface area (Å²) in [4.78, 5) is 27.7. The van der Waals surface area contributed by atoms with Crippen LogP contribution in [0.15, 0.2) is 0 Å². The molecule has 1 atom stereocenters. The molecule has 7 nitrogen and oxygen atoms in total. The van der Waals surface area contributed by atoms with E-state index in [1.54, 1.807) is 0 Å². The van der Waals surface area contributed by atoms with Crippen molar-refractivity contribution in [3.8, 4) is 0 Å². The lowest BCUT2D eigenvalue weighted by molar-refractivity contribution is -0.142. The standard InChI is InChI=1S/C17H29N3O4/c1-2-19-5-6-24-15(10-19)17(23)18-13-7-14(8-13)20(11-16(21)22)9-12-3-4-12/h12-15H,2-11H2,1H3,(H,18,23)(H,21,22). The van der Waals surface area contributed by atoms with Crippen LogP contribution in [-0.4, -0.2) is 84.3 Å². The summed E-state index contributed by atoms with van der Waals surface area (Å²) in [6.45, 7) is 6.17. The molecule has 0 aromatic rings. The summed E-state index contributed by atoms with van der Waals surface area (Å²) < 4.78 is 5.59. The summed E-state index contributed by atoms with van der Waals surface area (Å²) in [5.74, 6) is -0.115. The van der Waals surface area contributed by atoms with Crippen molar-refractivity contribution in [1.29, 1.82) is 0 Å². The monoisotopic (exact) mass is 339 g/mol. The average Bonchev–Trinajstić information content (AvgIpc) is 3.33. The number of carbonyl (C=O) groups excluding carboxylic acids is 1. The van der Waals surface area contributed by atoms with Crippen LogP contribution < -0.4 is 5.32 Å². The van der Waals surface area contributed by atoms with E-state index in [0.29, 0.717) is 19.1 Å². The molecule has 2 saturated carbocycles. The van der Waals surface area contributed by atoms with Crippen LogP contribution >= 0.6 is 0 Å². The quantitative estimate of drug-likeness (QED) is 0.655. The Morgan fingerprint density at radius 2 is 2.08 bits per heavy atom. The maximum absolute atomic E-state index is 12.3. The number of carboxylic acid groups (broad SMARTS) is 1. The number of ether oxygens (including phenoxy) is 1. The van der Waals surface area contributed by atoms with Crippen LogP contribution in [0.5, 0.6) is 0 Å². The molecule has 0 spiro atoms. The van der Waals surface area contributed by atoms with Gasteiger partial charge in [-0.15, -0.1) is 0 Å². The largest absolute Gasteiger partial charge is 0.480 e. The Bertz CT molecular complexity index is 463. The van der Waals surface area contributed by atoms with E-state index in [2.05, 4.69) is 22.0 Å². The van der Waals surface area contributed by atoms with Crippen molar-refractivity contribution in [2.45, 2.75) is 50.8 Å². The highest BCUT2D eigenvalue weighted by molar-refractivity contribution is 5.81. The summed E-state index contributed by atoms with van der Waals surface area (Å²) in [5, 5.41) is 12.2. The summed E-state index contributed by atoms with van der Waals surface area (Å²) in [5.41, 5.74) is 0. The number of hydrogen-bond acceptors (Lipinski definition) is 5. The number of amides is 1. The molecule has 0 aromatic carbocycles. The van der Waals surface area contributed by atoms with Crippen LogP contribution in [0.4, 0.5) is 0 Å².